The summed E-state index contributed by atoms with van der Waals surface area (Å²) in [5, 5.41) is 8.83. The summed E-state index contributed by atoms with van der Waals surface area (Å²) in [6.45, 7) is 4.55. The van der Waals surface area contributed by atoms with E-state index in [0.29, 0.717) is 32.3 Å². The zero-order chi connectivity index (χ0) is 20.4. The zero-order valence-corrected chi connectivity index (χ0v) is 16.7. The number of nitrogens with zero attached hydrogens (tertiary/aromatic N) is 2. The maximum atomic E-state index is 11.6. The van der Waals surface area contributed by atoms with Crippen LogP contribution in [0.5, 0.6) is 5.75 Å². The fourth-order valence-corrected chi connectivity index (χ4v) is 2.69. The van der Waals surface area contributed by atoms with Gasteiger partial charge in [0.2, 0.25) is 5.91 Å². The second kappa shape index (κ2) is 11.1. The Hall–Kier alpha value is -2.81. The van der Waals surface area contributed by atoms with Crippen LogP contribution in [0.4, 0.5) is 4.79 Å². The molecule has 1 aliphatic heterocycles. The number of rotatable bonds is 10. The third kappa shape index (κ3) is 6.41. The summed E-state index contributed by atoms with van der Waals surface area (Å²) in [4.78, 5) is 28.5. The molecule has 3 amide bonds. The molecular formula is C19H29N5O4. The van der Waals surface area contributed by atoms with Gasteiger partial charge in [0.05, 0.1) is 13.2 Å². The molecule has 0 atom stereocenters. The van der Waals surface area contributed by atoms with Crippen molar-refractivity contribution in [2.45, 2.75) is 19.9 Å². The summed E-state index contributed by atoms with van der Waals surface area (Å²) in [5.74, 6) is 1.20. The van der Waals surface area contributed by atoms with Gasteiger partial charge in [0, 0.05) is 52.4 Å². The highest BCUT2D eigenvalue weighted by molar-refractivity contribution is 6.01. The number of aryl methyl sites for hydroxylation is 1. The molecule has 1 saturated heterocycles. The van der Waals surface area contributed by atoms with Gasteiger partial charge in [-0.25, -0.2) is 4.79 Å². The fourth-order valence-electron chi connectivity index (χ4n) is 2.69. The maximum absolute atomic E-state index is 11.6. The van der Waals surface area contributed by atoms with E-state index in [1.54, 1.807) is 14.2 Å². The van der Waals surface area contributed by atoms with Crippen LogP contribution in [0, 0.1) is 6.92 Å². The average molecular weight is 391 g/mol. The maximum Gasteiger partial charge on any atom is 0.324 e. The summed E-state index contributed by atoms with van der Waals surface area (Å²) >= 11 is 0. The topological polar surface area (TPSA) is 104 Å². The Labute approximate surface area is 165 Å². The molecule has 0 radical (unpaired) electrons. The quantitative estimate of drug-likeness (QED) is 0.234. The van der Waals surface area contributed by atoms with Gasteiger partial charge < -0.3 is 25.4 Å². The number of benzene rings is 1. The molecule has 1 heterocycles. The van der Waals surface area contributed by atoms with Gasteiger partial charge in [0.25, 0.3) is 0 Å². The first-order chi connectivity index (χ1) is 13.5. The number of guanidine groups is 1. The Bertz CT molecular complexity index is 692. The van der Waals surface area contributed by atoms with Gasteiger partial charge in [-0.2, -0.15) is 0 Å². The highest BCUT2D eigenvalue weighted by Crippen LogP contribution is 2.20. The molecule has 0 bridgehead atoms. The summed E-state index contributed by atoms with van der Waals surface area (Å²) in [6.07, 6.45) is 0.823. The molecule has 28 heavy (non-hydrogen) atoms. The summed E-state index contributed by atoms with van der Waals surface area (Å²) in [5.41, 5.74) is 2.14. The highest BCUT2D eigenvalue weighted by atomic mass is 16.5. The number of ether oxygens (including phenoxy) is 2. The van der Waals surface area contributed by atoms with E-state index in [4.69, 9.17) is 9.47 Å². The molecule has 1 fully saturated rings. The molecule has 1 aromatic rings. The van der Waals surface area contributed by atoms with E-state index >= 15 is 0 Å². The van der Waals surface area contributed by atoms with Gasteiger partial charge in [0.1, 0.15) is 5.75 Å². The molecule has 1 aromatic carbocycles. The van der Waals surface area contributed by atoms with Crippen LogP contribution in [0.1, 0.15) is 17.5 Å². The van der Waals surface area contributed by atoms with E-state index in [-0.39, 0.29) is 25.0 Å². The van der Waals surface area contributed by atoms with Crippen LogP contribution in [0.3, 0.4) is 0 Å². The minimum Gasteiger partial charge on any atom is -0.493 e. The molecule has 0 aliphatic carbocycles. The molecule has 1 aliphatic rings. The SMILES string of the molecule is CN=C(NCCN1C(=O)CNC1=O)NCc1ccc(C)cc1OCCCOC. The van der Waals surface area contributed by atoms with Gasteiger partial charge in [-0.05, 0) is 18.6 Å². The van der Waals surface area contributed by atoms with Crippen molar-refractivity contribution in [3.63, 3.8) is 0 Å². The van der Waals surface area contributed by atoms with E-state index in [1.165, 1.54) is 4.90 Å². The third-order valence-electron chi connectivity index (χ3n) is 4.21. The zero-order valence-electron chi connectivity index (χ0n) is 16.7. The van der Waals surface area contributed by atoms with Gasteiger partial charge in [-0.1, -0.05) is 12.1 Å². The van der Waals surface area contributed by atoms with Gasteiger partial charge in [-0.15, -0.1) is 0 Å². The number of amides is 3. The Balaban J connectivity index is 1.83. The van der Waals surface area contributed by atoms with Crippen molar-refractivity contribution in [1.29, 1.82) is 0 Å². The summed E-state index contributed by atoms with van der Waals surface area (Å²) in [6, 6.07) is 5.71. The van der Waals surface area contributed by atoms with Crippen molar-refractivity contribution in [2.24, 2.45) is 4.99 Å². The molecular weight excluding hydrogens is 362 g/mol. The monoisotopic (exact) mass is 391 g/mol. The van der Waals surface area contributed by atoms with Crippen LogP contribution in [0.25, 0.3) is 0 Å². The minimum atomic E-state index is -0.357. The first-order valence-electron chi connectivity index (χ1n) is 9.29. The molecule has 154 valence electrons. The highest BCUT2D eigenvalue weighted by Gasteiger charge is 2.27. The van der Waals surface area contributed by atoms with Crippen molar-refractivity contribution in [2.75, 3.05) is 47.0 Å². The number of imide groups is 1. The number of hydrogen-bond donors (Lipinski definition) is 3. The first kappa shape index (κ1) is 21.5. The lowest BCUT2D eigenvalue weighted by molar-refractivity contribution is -0.124. The molecule has 0 saturated carbocycles. The number of hydrogen-bond acceptors (Lipinski definition) is 5. The Morgan fingerprint density at radius 2 is 2.11 bits per heavy atom. The lowest BCUT2D eigenvalue weighted by Crippen LogP contribution is -2.43. The molecule has 9 heteroatoms. The molecule has 0 spiro atoms. The summed E-state index contributed by atoms with van der Waals surface area (Å²) < 4.78 is 10.9. The van der Waals surface area contributed by atoms with Crippen molar-refractivity contribution in [3.8, 4) is 5.75 Å². The molecule has 0 aromatic heterocycles. The van der Waals surface area contributed by atoms with Crippen molar-refractivity contribution >= 4 is 17.9 Å². The van der Waals surface area contributed by atoms with Crippen molar-refractivity contribution in [1.82, 2.24) is 20.9 Å². The Morgan fingerprint density at radius 1 is 1.29 bits per heavy atom. The van der Waals surface area contributed by atoms with E-state index in [2.05, 4.69) is 20.9 Å². The number of nitrogens with one attached hydrogen (secondary N) is 3. The second-order valence-electron chi connectivity index (χ2n) is 6.36. The molecule has 3 N–H and O–H groups in total. The number of aliphatic imine (C=N–C) groups is 1. The van der Waals surface area contributed by atoms with Gasteiger partial charge in [-0.3, -0.25) is 14.7 Å². The number of carbonyl (C=O) groups is 2. The van der Waals surface area contributed by atoms with Crippen LogP contribution in [-0.2, 0) is 16.1 Å². The summed E-state index contributed by atoms with van der Waals surface area (Å²) in [7, 11) is 3.34. The lowest BCUT2D eigenvalue weighted by Gasteiger charge is -2.17. The van der Waals surface area contributed by atoms with Gasteiger partial charge >= 0.3 is 6.03 Å². The first-order valence-corrected chi connectivity index (χ1v) is 9.29. The normalized spacial score (nSPS) is 14.2. The Kier molecular flexibility index (Phi) is 8.54. The van der Waals surface area contributed by atoms with E-state index < -0.39 is 0 Å². The smallest absolute Gasteiger partial charge is 0.324 e. The molecule has 0 unspecified atom stereocenters. The third-order valence-corrected chi connectivity index (χ3v) is 4.21. The van der Waals surface area contributed by atoms with E-state index in [9.17, 15) is 9.59 Å². The second-order valence-corrected chi connectivity index (χ2v) is 6.36. The van der Waals surface area contributed by atoms with Crippen LogP contribution in [0.15, 0.2) is 23.2 Å². The van der Waals surface area contributed by atoms with Crippen molar-refractivity contribution < 1.29 is 19.1 Å². The number of methoxy groups -OCH3 is 1. The molecule has 9 nitrogen and oxygen atoms in total. The van der Waals surface area contributed by atoms with Crippen molar-refractivity contribution in [3.05, 3.63) is 29.3 Å². The average Bonchev–Trinajstić information content (AvgIpc) is 3.01. The van der Waals surface area contributed by atoms with E-state index in [1.807, 2.05) is 25.1 Å². The minimum absolute atomic E-state index is 0.0619. The largest absolute Gasteiger partial charge is 0.493 e. The van der Waals surface area contributed by atoms with E-state index in [0.717, 1.165) is 23.3 Å². The standard InChI is InChI=1S/C19H29N5O4/c1-14-5-6-15(16(11-14)28-10-4-9-27-3)12-22-18(20-2)21-7-8-24-17(25)13-23-19(24)26/h5-6,11H,4,7-10,12-13H2,1-3H3,(H,23,26)(H2,20,21,22). The molecule has 2 rings (SSSR count). The number of carbonyl (C=O) groups excluding carboxylic acids is 2. The van der Waals surface area contributed by atoms with Gasteiger partial charge in [0.15, 0.2) is 5.96 Å². The predicted octanol–water partition coefficient (Wildman–Crippen LogP) is 0.627. The van der Waals surface area contributed by atoms with Crippen LogP contribution >= 0.6 is 0 Å². The fraction of sp³-hybridized carbons (Fsp3) is 0.526. The lowest BCUT2D eigenvalue weighted by atomic mass is 10.1. The van der Waals surface area contributed by atoms with Crippen LogP contribution in [-0.4, -0.2) is 69.8 Å². The number of urea groups is 1. The van der Waals surface area contributed by atoms with Crippen LogP contribution < -0.4 is 20.7 Å². The Morgan fingerprint density at radius 3 is 2.79 bits per heavy atom. The predicted molar refractivity (Wildman–Crippen MR) is 106 cm³/mol. The van der Waals surface area contributed by atoms with Crippen LogP contribution in [0.2, 0.25) is 0 Å².